The molecule has 0 bridgehead atoms. The van der Waals surface area contributed by atoms with Gasteiger partial charge in [0, 0.05) is 37.8 Å². The van der Waals surface area contributed by atoms with Gasteiger partial charge in [0.1, 0.15) is 5.75 Å². The van der Waals surface area contributed by atoms with Crippen LogP contribution in [0.15, 0.2) is 24.3 Å². The van der Waals surface area contributed by atoms with Crippen LogP contribution in [-0.4, -0.2) is 50.4 Å². The zero-order chi connectivity index (χ0) is 13.8. The van der Waals surface area contributed by atoms with Crippen LogP contribution in [0.2, 0.25) is 0 Å². The van der Waals surface area contributed by atoms with Gasteiger partial charge in [-0.05, 0) is 18.9 Å². The van der Waals surface area contributed by atoms with Gasteiger partial charge in [-0.15, -0.1) is 0 Å². The summed E-state index contributed by atoms with van der Waals surface area (Å²) in [4.78, 5) is 2.58. The zero-order valence-electron chi connectivity index (χ0n) is 12.2. The summed E-state index contributed by atoms with van der Waals surface area (Å²) in [6.45, 7) is 4.78. The molecule has 1 aliphatic heterocycles. The first-order valence-corrected chi connectivity index (χ1v) is 7.55. The summed E-state index contributed by atoms with van der Waals surface area (Å²) in [5, 5.41) is 3.49. The lowest BCUT2D eigenvalue weighted by Crippen LogP contribution is -2.47. The quantitative estimate of drug-likeness (QED) is 0.856. The molecule has 1 heterocycles. The molecule has 110 valence electrons. The van der Waals surface area contributed by atoms with E-state index >= 15 is 0 Å². The molecule has 2 fully saturated rings. The molecule has 2 aliphatic rings. The molecule has 0 radical (unpaired) electrons. The largest absolute Gasteiger partial charge is 0.496 e. The van der Waals surface area contributed by atoms with Crippen molar-refractivity contribution in [2.45, 2.75) is 31.5 Å². The molecule has 1 aromatic carbocycles. The molecule has 1 saturated carbocycles. The molecule has 4 nitrogen and oxygen atoms in total. The van der Waals surface area contributed by atoms with Crippen molar-refractivity contribution in [3.8, 4) is 5.75 Å². The predicted molar refractivity (Wildman–Crippen MR) is 79.0 cm³/mol. The molecular weight excluding hydrogens is 252 g/mol. The van der Waals surface area contributed by atoms with Crippen molar-refractivity contribution < 1.29 is 9.47 Å². The van der Waals surface area contributed by atoms with Gasteiger partial charge in [-0.3, -0.25) is 4.90 Å². The van der Waals surface area contributed by atoms with Crippen LogP contribution >= 0.6 is 0 Å². The second-order valence-electron chi connectivity index (χ2n) is 5.66. The van der Waals surface area contributed by atoms with Crippen LogP contribution in [-0.2, 0) is 11.3 Å². The third-order valence-corrected chi connectivity index (χ3v) is 4.11. The monoisotopic (exact) mass is 276 g/mol. The zero-order valence-corrected chi connectivity index (χ0v) is 12.2. The van der Waals surface area contributed by atoms with Gasteiger partial charge >= 0.3 is 0 Å². The van der Waals surface area contributed by atoms with Crippen LogP contribution in [0, 0.1) is 0 Å². The molecule has 4 heteroatoms. The second kappa shape index (κ2) is 6.57. The Morgan fingerprint density at radius 3 is 3.00 bits per heavy atom. The number of nitrogens with zero attached hydrogens (tertiary/aromatic N) is 1. The summed E-state index contributed by atoms with van der Waals surface area (Å²) in [7, 11) is 1.72. The highest BCUT2D eigenvalue weighted by Crippen LogP contribution is 2.28. The van der Waals surface area contributed by atoms with Gasteiger partial charge < -0.3 is 14.8 Å². The summed E-state index contributed by atoms with van der Waals surface area (Å²) >= 11 is 0. The van der Waals surface area contributed by atoms with Crippen LogP contribution in [0.25, 0.3) is 0 Å². The standard InChI is InChI=1S/C16H24N2O2/c1-19-16-5-3-2-4-13(16)10-17-11-15-12-18(8-9-20-15)14-6-7-14/h2-5,14-15,17H,6-12H2,1H3/t15-/m1/s1. The average Bonchev–Trinajstić information content (AvgIpc) is 3.33. The highest BCUT2D eigenvalue weighted by atomic mass is 16.5. The van der Waals surface area contributed by atoms with Crippen molar-refractivity contribution in [2.24, 2.45) is 0 Å². The average molecular weight is 276 g/mol. The highest BCUT2D eigenvalue weighted by molar-refractivity contribution is 5.32. The minimum Gasteiger partial charge on any atom is -0.496 e. The molecular formula is C16H24N2O2. The number of benzene rings is 1. The third-order valence-electron chi connectivity index (χ3n) is 4.11. The number of nitrogens with one attached hydrogen (secondary N) is 1. The Morgan fingerprint density at radius 2 is 2.20 bits per heavy atom. The van der Waals surface area contributed by atoms with E-state index in [0.717, 1.165) is 44.6 Å². The molecule has 1 atom stereocenters. The smallest absolute Gasteiger partial charge is 0.123 e. The molecule has 1 N–H and O–H groups in total. The van der Waals surface area contributed by atoms with E-state index in [1.165, 1.54) is 18.4 Å². The van der Waals surface area contributed by atoms with Gasteiger partial charge in [-0.25, -0.2) is 0 Å². The van der Waals surface area contributed by atoms with Crippen LogP contribution in [0.3, 0.4) is 0 Å². The summed E-state index contributed by atoms with van der Waals surface area (Å²) in [6, 6.07) is 8.99. The fraction of sp³-hybridized carbons (Fsp3) is 0.625. The van der Waals surface area contributed by atoms with E-state index in [9.17, 15) is 0 Å². The van der Waals surface area contributed by atoms with E-state index in [1.54, 1.807) is 7.11 Å². The number of hydrogen-bond acceptors (Lipinski definition) is 4. The van der Waals surface area contributed by atoms with Crippen molar-refractivity contribution in [1.29, 1.82) is 0 Å². The topological polar surface area (TPSA) is 33.7 Å². The first-order valence-electron chi connectivity index (χ1n) is 7.55. The SMILES string of the molecule is COc1ccccc1CNC[C@@H]1CN(C2CC2)CCO1. The lowest BCUT2D eigenvalue weighted by molar-refractivity contribution is -0.0301. The third kappa shape index (κ3) is 3.51. The Labute approximate surface area is 121 Å². The minimum atomic E-state index is 0.319. The van der Waals surface area contributed by atoms with Crippen molar-refractivity contribution in [1.82, 2.24) is 10.2 Å². The first-order chi connectivity index (χ1) is 9.86. The molecule has 1 aliphatic carbocycles. The summed E-state index contributed by atoms with van der Waals surface area (Å²) in [5.41, 5.74) is 1.20. The summed E-state index contributed by atoms with van der Waals surface area (Å²) < 4.78 is 11.2. The van der Waals surface area contributed by atoms with Crippen LogP contribution in [0.5, 0.6) is 5.75 Å². The molecule has 20 heavy (non-hydrogen) atoms. The maximum atomic E-state index is 5.85. The van der Waals surface area contributed by atoms with E-state index in [-0.39, 0.29) is 0 Å². The Bertz CT molecular complexity index is 434. The predicted octanol–water partition coefficient (Wildman–Crippen LogP) is 1.65. The van der Waals surface area contributed by atoms with E-state index in [2.05, 4.69) is 16.3 Å². The van der Waals surface area contributed by atoms with E-state index in [0.29, 0.717) is 6.10 Å². The normalized spacial score (nSPS) is 23.8. The van der Waals surface area contributed by atoms with Gasteiger partial charge in [0.2, 0.25) is 0 Å². The van der Waals surface area contributed by atoms with Crippen LogP contribution in [0.1, 0.15) is 18.4 Å². The molecule has 0 amide bonds. The van der Waals surface area contributed by atoms with Crippen LogP contribution < -0.4 is 10.1 Å². The highest BCUT2D eigenvalue weighted by Gasteiger charge is 2.32. The van der Waals surface area contributed by atoms with Gasteiger partial charge in [-0.1, -0.05) is 18.2 Å². The summed E-state index contributed by atoms with van der Waals surface area (Å²) in [6.07, 6.45) is 3.07. The lowest BCUT2D eigenvalue weighted by atomic mass is 10.2. The maximum Gasteiger partial charge on any atom is 0.123 e. The van der Waals surface area contributed by atoms with Crippen molar-refractivity contribution in [2.75, 3.05) is 33.4 Å². The van der Waals surface area contributed by atoms with Crippen molar-refractivity contribution in [3.63, 3.8) is 0 Å². The van der Waals surface area contributed by atoms with Crippen LogP contribution in [0.4, 0.5) is 0 Å². The number of para-hydroxylation sites is 1. The number of hydrogen-bond donors (Lipinski definition) is 1. The second-order valence-corrected chi connectivity index (χ2v) is 5.66. The molecule has 1 saturated heterocycles. The fourth-order valence-electron chi connectivity index (χ4n) is 2.85. The van der Waals surface area contributed by atoms with Gasteiger partial charge in [0.05, 0.1) is 19.8 Å². The maximum absolute atomic E-state index is 5.85. The number of rotatable bonds is 6. The summed E-state index contributed by atoms with van der Waals surface area (Å²) in [5.74, 6) is 0.948. The fourth-order valence-corrected chi connectivity index (χ4v) is 2.85. The minimum absolute atomic E-state index is 0.319. The lowest BCUT2D eigenvalue weighted by Gasteiger charge is -2.33. The van der Waals surface area contributed by atoms with Gasteiger partial charge in [0.15, 0.2) is 0 Å². The van der Waals surface area contributed by atoms with Gasteiger partial charge in [0.25, 0.3) is 0 Å². The number of morpholine rings is 1. The molecule has 3 rings (SSSR count). The Kier molecular flexibility index (Phi) is 4.55. The molecule has 0 spiro atoms. The molecule has 0 unspecified atom stereocenters. The Hall–Kier alpha value is -1.10. The molecule has 1 aromatic rings. The van der Waals surface area contributed by atoms with Gasteiger partial charge in [-0.2, -0.15) is 0 Å². The number of methoxy groups -OCH3 is 1. The molecule has 0 aromatic heterocycles. The van der Waals surface area contributed by atoms with Crippen molar-refractivity contribution in [3.05, 3.63) is 29.8 Å². The van der Waals surface area contributed by atoms with E-state index in [4.69, 9.17) is 9.47 Å². The number of ether oxygens (including phenoxy) is 2. The van der Waals surface area contributed by atoms with E-state index < -0.39 is 0 Å². The Morgan fingerprint density at radius 1 is 1.35 bits per heavy atom. The Balaban J connectivity index is 1.44. The van der Waals surface area contributed by atoms with E-state index in [1.807, 2.05) is 18.2 Å². The first kappa shape index (κ1) is 13.9. The van der Waals surface area contributed by atoms with Crippen molar-refractivity contribution >= 4 is 0 Å².